The quantitative estimate of drug-likeness (QED) is 0.0124. The Morgan fingerprint density at radius 2 is 1.24 bits per heavy atom. The van der Waals surface area contributed by atoms with Gasteiger partial charge in [-0.15, -0.1) is 0 Å². The maximum atomic E-state index is 12.5. The van der Waals surface area contributed by atoms with Gasteiger partial charge in [0.1, 0.15) is 19.8 Å². The highest BCUT2D eigenvalue weighted by Crippen LogP contribution is 2.38. The van der Waals surface area contributed by atoms with E-state index in [1.54, 1.807) is 6.08 Å². The van der Waals surface area contributed by atoms with Crippen LogP contribution in [0.2, 0.25) is 0 Å². The van der Waals surface area contributed by atoms with Gasteiger partial charge >= 0.3 is 5.97 Å². The molecule has 3 atom stereocenters. The van der Waals surface area contributed by atoms with Crippen LogP contribution in [0.5, 0.6) is 0 Å². The highest BCUT2D eigenvalue weighted by atomic mass is 31.2. The molecule has 0 radical (unpaired) electrons. The van der Waals surface area contributed by atoms with Gasteiger partial charge in [0, 0.05) is 6.42 Å². The van der Waals surface area contributed by atoms with Crippen LogP contribution in [0.4, 0.5) is 0 Å². The van der Waals surface area contributed by atoms with Gasteiger partial charge in [-0.2, -0.15) is 0 Å². The second-order valence-corrected chi connectivity index (χ2v) is 17.0. The summed E-state index contributed by atoms with van der Waals surface area (Å²) in [6.07, 6.45) is 51.3. The molecule has 0 spiro atoms. The number of unbranched alkanes of at least 4 members (excludes halogenated alkanes) is 11. The van der Waals surface area contributed by atoms with Crippen LogP contribution >= 0.6 is 7.82 Å². The van der Waals surface area contributed by atoms with Gasteiger partial charge in [-0.3, -0.25) is 9.36 Å². The van der Waals surface area contributed by atoms with Crippen LogP contribution in [0.3, 0.4) is 0 Å². The van der Waals surface area contributed by atoms with Gasteiger partial charge in [0.15, 0.2) is 6.10 Å². The molecular formula is C48H82NO8P. The van der Waals surface area contributed by atoms with Crippen LogP contribution in [-0.2, 0) is 27.9 Å². The number of carbonyl (C=O) groups excluding carboxylic acids is 1. The zero-order chi connectivity index (χ0) is 42.8. The molecule has 0 aromatic carbocycles. The molecule has 0 bridgehead atoms. The molecule has 0 aromatic rings. The number of carbonyl (C=O) groups is 1. The molecule has 0 saturated heterocycles. The van der Waals surface area contributed by atoms with Crippen molar-refractivity contribution in [2.24, 2.45) is 0 Å². The van der Waals surface area contributed by atoms with Gasteiger partial charge in [0.05, 0.1) is 40.1 Å². The monoisotopic (exact) mass is 832 g/mol. The molecule has 0 aliphatic carbocycles. The summed E-state index contributed by atoms with van der Waals surface area (Å²) in [5.74, 6) is -0.440. The van der Waals surface area contributed by atoms with Crippen LogP contribution in [0, 0.1) is 0 Å². The standard InChI is InChI=1S/C48H82NO8P/c1-6-8-10-12-14-16-18-20-21-22-24-26-28-30-32-37-42-54-47(45-57-58(52,53)56-43-41-49(3,4)5)44-55-48(51)40-36-33-35-39-46(50)38-34-31-29-27-25-23-19-17-15-13-11-9-7-2/h9,11,15-18,23,25,29,31,33-35,37-38,42,46-47,50H,6-8,10,12-14,19-22,24,26-28,30,32,36,39-41,43-45H2,1-5H3/b11-9-,17-15-,18-16-,25-23-,31-29-,35-33-,38-34-,42-37+/t46?,47-/m1/s1. The van der Waals surface area contributed by atoms with Crippen LogP contribution in [-0.4, -0.2) is 75.3 Å². The fraction of sp³-hybridized carbons (Fsp3) is 0.646. The van der Waals surface area contributed by atoms with E-state index in [1.165, 1.54) is 70.5 Å². The summed E-state index contributed by atoms with van der Waals surface area (Å²) in [5, 5.41) is 10.2. The van der Waals surface area contributed by atoms with Crippen molar-refractivity contribution in [3.63, 3.8) is 0 Å². The Labute approximate surface area is 354 Å². The second kappa shape index (κ2) is 39.7. The molecule has 0 heterocycles. The molecule has 0 aliphatic rings. The van der Waals surface area contributed by atoms with E-state index >= 15 is 0 Å². The van der Waals surface area contributed by atoms with Crippen molar-refractivity contribution in [3.8, 4) is 0 Å². The number of allylic oxidation sites excluding steroid dienone is 13. The van der Waals surface area contributed by atoms with E-state index < -0.39 is 26.0 Å². The first-order chi connectivity index (χ1) is 28.0. The number of hydrogen-bond donors (Lipinski definition) is 1. The van der Waals surface area contributed by atoms with Crippen molar-refractivity contribution in [2.45, 2.75) is 154 Å². The molecular weight excluding hydrogens is 750 g/mol. The number of aliphatic hydroxyl groups is 1. The molecule has 58 heavy (non-hydrogen) atoms. The van der Waals surface area contributed by atoms with Crippen molar-refractivity contribution < 1.29 is 42.4 Å². The van der Waals surface area contributed by atoms with Crippen LogP contribution < -0.4 is 4.89 Å². The minimum absolute atomic E-state index is 0.00689. The van der Waals surface area contributed by atoms with E-state index in [9.17, 15) is 19.4 Å². The molecule has 332 valence electrons. The lowest BCUT2D eigenvalue weighted by molar-refractivity contribution is -0.870. The number of quaternary nitrogens is 1. The maximum absolute atomic E-state index is 12.5. The van der Waals surface area contributed by atoms with Crippen molar-refractivity contribution in [1.82, 2.24) is 0 Å². The van der Waals surface area contributed by atoms with Gasteiger partial charge in [-0.25, -0.2) is 0 Å². The van der Waals surface area contributed by atoms with Crippen LogP contribution in [0.15, 0.2) is 97.4 Å². The molecule has 0 amide bonds. The molecule has 0 aliphatic heterocycles. The summed E-state index contributed by atoms with van der Waals surface area (Å²) >= 11 is 0. The lowest BCUT2D eigenvalue weighted by atomic mass is 10.1. The Balaban J connectivity index is 4.53. The predicted molar refractivity (Wildman–Crippen MR) is 241 cm³/mol. The number of esters is 1. The molecule has 10 heteroatoms. The summed E-state index contributed by atoms with van der Waals surface area (Å²) < 4.78 is 34.2. The fourth-order valence-electron chi connectivity index (χ4n) is 5.28. The minimum Gasteiger partial charge on any atom is -0.756 e. The number of aliphatic hydroxyl groups excluding tert-OH is 1. The molecule has 0 rings (SSSR count). The lowest BCUT2D eigenvalue weighted by Crippen LogP contribution is -2.37. The van der Waals surface area contributed by atoms with E-state index in [1.807, 2.05) is 57.6 Å². The predicted octanol–water partition coefficient (Wildman–Crippen LogP) is 11.7. The minimum atomic E-state index is -4.56. The van der Waals surface area contributed by atoms with Crippen molar-refractivity contribution in [2.75, 3.05) is 47.5 Å². The number of ether oxygens (including phenoxy) is 2. The number of likely N-dealkylation sites (N-methyl/N-ethyl adjacent to an activating group) is 1. The largest absolute Gasteiger partial charge is 0.756 e. The lowest BCUT2D eigenvalue weighted by Gasteiger charge is -2.28. The van der Waals surface area contributed by atoms with Gasteiger partial charge in [0.2, 0.25) is 0 Å². The van der Waals surface area contributed by atoms with E-state index in [2.05, 4.69) is 62.5 Å². The van der Waals surface area contributed by atoms with Crippen molar-refractivity contribution in [1.29, 1.82) is 0 Å². The smallest absolute Gasteiger partial charge is 0.306 e. The first-order valence-electron chi connectivity index (χ1n) is 22.1. The van der Waals surface area contributed by atoms with Gasteiger partial charge in [-0.05, 0) is 83.1 Å². The third-order valence-electron chi connectivity index (χ3n) is 8.80. The Morgan fingerprint density at radius 1 is 0.672 bits per heavy atom. The van der Waals surface area contributed by atoms with Crippen LogP contribution in [0.25, 0.3) is 0 Å². The highest BCUT2D eigenvalue weighted by Gasteiger charge is 2.19. The van der Waals surface area contributed by atoms with E-state index in [4.69, 9.17) is 18.5 Å². The average Bonchev–Trinajstić information content (AvgIpc) is 3.17. The molecule has 0 aromatic heterocycles. The molecule has 0 fully saturated rings. The average molecular weight is 832 g/mol. The number of nitrogens with zero attached hydrogens (tertiary/aromatic N) is 1. The summed E-state index contributed by atoms with van der Waals surface area (Å²) in [6.45, 7) is 4.35. The molecule has 9 nitrogen and oxygen atoms in total. The SMILES string of the molecule is CC/C=C\C/C=C\C/C=C\C/C=C\C=C/C(O)C/C=C\CCC(=O)OC[C@H](COP(=O)([O-])OCC[N+](C)(C)C)O/C=C/CCCCCCCC/C=C\CCCCCC. The van der Waals surface area contributed by atoms with Crippen molar-refractivity contribution in [3.05, 3.63) is 97.4 Å². The zero-order valence-corrected chi connectivity index (χ0v) is 38.0. The molecule has 0 saturated carbocycles. The summed E-state index contributed by atoms with van der Waals surface area (Å²) in [6, 6.07) is 0. The second-order valence-electron chi connectivity index (χ2n) is 15.6. The Kier molecular flexibility index (Phi) is 37.8. The normalized spacial score (nSPS) is 15.2. The third kappa shape index (κ3) is 42.8. The summed E-state index contributed by atoms with van der Waals surface area (Å²) in [7, 11) is 1.25. The van der Waals surface area contributed by atoms with E-state index in [0.717, 1.165) is 44.9 Å². The highest BCUT2D eigenvalue weighted by molar-refractivity contribution is 7.45. The maximum Gasteiger partial charge on any atom is 0.306 e. The molecule has 1 N–H and O–H groups in total. The number of rotatable bonds is 39. The van der Waals surface area contributed by atoms with E-state index in [-0.39, 0.29) is 26.2 Å². The summed E-state index contributed by atoms with van der Waals surface area (Å²) in [5.41, 5.74) is 0. The first kappa shape index (κ1) is 55.2. The Morgan fingerprint density at radius 3 is 1.86 bits per heavy atom. The van der Waals surface area contributed by atoms with Gasteiger partial charge in [0.25, 0.3) is 7.82 Å². The topological polar surface area (TPSA) is 114 Å². The first-order valence-corrected chi connectivity index (χ1v) is 23.6. The van der Waals surface area contributed by atoms with Gasteiger partial charge in [-0.1, -0.05) is 144 Å². The number of phosphoric acid groups is 1. The van der Waals surface area contributed by atoms with Gasteiger partial charge < -0.3 is 33.0 Å². The third-order valence-corrected chi connectivity index (χ3v) is 9.77. The molecule has 2 unspecified atom stereocenters. The number of hydrogen-bond acceptors (Lipinski definition) is 8. The summed E-state index contributed by atoms with van der Waals surface area (Å²) in [4.78, 5) is 24.8. The van der Waals surface area contributed by atoms with Crippen molar-refractivity contribution >= 4 is 13.8 Å². The zero-order valence-electron chi connectivity index (χ0n) is 37.1. The fourth-order valence-corrected chi connectivity index (χ4v) is 6.01. The Bertz CT molecular complexity index is 1260. The van der Waals surface area contributed by atoms with E-state index in [0.29, 0.717) is 23.9 Å². The number of phosphoric ester groups is 1. The Hall–Kier alpha value is -2.78. The van der Waals surface area contributed by atoms with Crippen LogP contribution in [0.1, 0.15) is 142 Å².